The molecule has 1 atom stereocenters. The molecule has 0 bridgehead atoms. The molecule has 21 heavy (non-hydrogen) atoms. The monoisotopic (exact) mass is 321 g/mol. The van der Waals surface area contributed by atoms with Gasteiger partial charge in [0.15, 0.2) is 5.78 Å². The first-order valence-corrected chi connectivity index (χ1v) is 7.24. The number of hydrogen-bond donors (Lipinski definition) is 1. The molecule has 2 nitrogen and oxygen atoms in total. The fraction of sp³-hybridized carbons (Fsp3) is 0.533. The van der Waals surface area contributed by atoms with Gasteiger partial charge in [0, 0.05) is 11.5 Å². The molecule has 6 heteroatoms. The summed E-state index contributed by atoms with van der Waals surface area (Å²) < 4.78 is 38.5. The van der Waals surface area contributed by atoms with E-state index in [0.717, 1.165) is 18.6 Å². The number of rotatable bonds is 7. The minimum atomic E-state index is -4.56. The summed E-state index contributed by atoms with van der Waals surface area (Å²) in [6, 6.07) is 3.35. The van der Waals surface area contributed by atoms with Crippen LogP contribution in [0.15, 0.2) is 18.2 Å². The van der Waals surface area contributed by atoms with Crippen molar-refractivity contribution in [1.29, 1.82) is 0 Å². The Bertz CT molecular complexity index is 488. The number of carbonyl (C=O) groups is 1. The van der Waals surface area contributed by atoms with Gasteiger partial charge in [0.1, 0.15) is 0 Å². The molecule has 0 aliphatic heterocycles. The smallest absolute Gasteiger partial charge is 0.320 e. The molecule has 0 saturated heterocycles. The summed E-state index contributed by atoms with van der Waals surface area (Å²) in [5, 5.41) is 2.57. The Balaban J connectivity index is 3.05. The lowest BCUT2D eigenvalue weighted by Gasteiger charge is -2.16. The summed E-state index contributed by atoms with van der Waals surface area (Å²) >= 11 is 5.57. The van der Waals surface area contributed by atoms with Gasteiger partial charge in [-0.3, -0.25) is 4.79 Å². The van der Waals surface area contributed by atoms with E-state index in [1.165, 1.54) is 6.07 Å². The lowest BCUT2D eigenvalue weighted by atomic mass is 9.90. The SMILES string of the molecule is CCCC(CCNC)C(=O)c1ccc(Cl)c(C(F)(F)F)c1. The van der Waals surface area contributed by atoms with Crippen LogP contribution in [0.1, 0.15) is 42.1 Å². The zero-order valence-corrected chi connectivity index (χ0v) is 12.8. The van der Waals surface area contributed by atoms with Crippen LogP contribution < -0.4 is 5.32 Å². The Morgan fingerprint density at radius 3 is 2.52 bits per heavy atom. The van der Waals surface area contributed by atoms with E-state index < -0.39 is 11.7 Å². The Hall–Kier alpha value is -1.07. The fourth-order valence-electron chi connectivity index (χ4n) is 2.21. The van der Waals surface area contributed by atoms with Gasteiger partial charge in [0.25, 0.3) is 0 Å². The summed E-state index contributed by atoms with van der Waals surface area (Å²) in [7, 11) is 1.78. The minimum Gasteiger partial charge on any atom is -0.320 e. The third-order valence-corrected chi connectivity index (χ3v) is 3.64. The molecular formula is C15H19ClF3NO. The maximum Gasteiger partial charge on any atom is 0.417 e. The topological polar surface area (TPSA) is 29.1 Å². The van der Waals surface area contributed by atoms with Crippen molar-refractivity contribution >= 4 is 17.4 Å². The van der Waals surface area contributed by atoms with Crippen molar-refractivity contribution in [3.63, 3.8) is 0 Å². The van der Waals surface area contributed by atoms with E-state index in [1.54, 1.807) is 7.05 Å². The zero-order valence-electron chi connectivity index (χ0n) is 12.1. The zero-order chi connectivity index (χ0) is 16.0. The van der Waals surface area contributed by atoms with Gasteiger partial charge in [-0.25, -0.2) is 0 Å². The average molecular weight is 322 g/mol. The third kappa shape index (κ3) is 5.00. The number of Topliss-reactive ketones (excluding diaryl/α,β-unsaturated/α-hetero) is 1. The molecule has 0 spiro atoms. The standard InChI is InChI=1S/C15H19ClF3NO/c1-3-4-10(7-8-20-2)14(21)11-5-6-13(16)12(9-11)15(17,18)19/h5-6,9-10,20H,3-4,7-8H2,1-2H3. The molecule has 0 amide bonds. The fourth-order valence-corrected chi connectivity index (χ4v) is 2.43. The normalized spacial score (nSPS) is 13.2. The lowest BCUT2D eigenvalue weighted by molar-refractivity contribution is -0.137. The molecule has 0 fully saturated rings. The summed E-state index contributed by atoms with van der Waals surface area (Å²) in [4.78, 5) is 12.4. The van der Waals surface area contributed by atoms with Crippen LogP contribution in [0, 0.1) is 5.92 Å². The Morgan fingerprint density at radius 2 is 2.00 bits per heavy atom. The molecule has 1 unspecified atom stereocenters. The van der Waals surface area contributed by atoms with E-state index in [1.807, 2.05) is 6.92 Å². The van der Waals surface area contributed by atoms with E-state index in [-0.39, 0.29) is 22.3 Å². The highest BCUT2D eigenvalue weighted by atomic mass is 35.5. The molecule has 0 radical (unpaired) electrons. The van der Waals surface area contributed by atoms with E-state index in [2.05, 4.69) is 5.32 Å². The second-order valence-electron chi connectivity index (χ2n) is 4.93. The largest absolute Gasteiger partial charge is 0.417 e. The van der Waals surface area contributed by atoms with Crippen molar-refractivity contribution in [2.24, 2.45) is 5.92 Å². The molecule has 0 aliphatic carbocycles. The van der Waals surface area contributed by atoms with E-state index in [0.29, 0.717) is 19.4 Å². The highest BCUT2D eigenvalue weighted by Gasteiger charge is 2.34. The molecular weight excluding hydrogens is 303 g/mol. The van der Waals surface area contributed by atoms with Crippen molar-refractivity contribution in [2.45, 2.75) is 32.4 Å². The number of ketones is 1. The van der Waals surface area contributed by atoms with Crippen LogP contribution in [0.4, 0.5) is 13.2 Å². The van der Waals surface area contributed by atoms with Crippen LogP contribution in [0.5, 0.6) is 0 Å². The molecule has 1 aromatic rings. The van der Waals surface area contributed by atoms with Crippen LogP contribution in [-0.2, 0) is 6.18 Å². The molecule has 1 rings (SSSR count). The van der Waals surface area contributed by atoms with Crippen molar-refractivity contribution < 1.29 is 18.0 Å². The Kier molecular flexibility index (Phi) is 6.68. The molecule has 0 aromatic heterocycles. The summed E-state index contributed by atoms with van der Waals surface area (Å²) in [6.45, 7) is 2.60. The van der Waals surface area contributed by atoms with Crippen molar-refractivity contribution in [2.75, 3.05) is 13.6 Å². The molecule has 1 aromatic carbocycles. The number of alkyl halides is 3. The van der Waals surface area contributed by atoms with Gasteiger partial charge < -0.3 is 5.32 Å². The van der Waals surface area contributed by atoms with Crippen LogP contribution in [0.2, 0.25) is 5.02 Å². The average Bonchev–Trinajstić information content (AvgIpc) is 2.42. The molecule has 118 valence electrons. The summed E-state index contributed by atoms with van der Waals surface area (Å²) in [5.74, 6) is -0.529. The van der Waals surface area contributed by atoms with Gasteiger partial charge in [0.05, 0.1) is 10.6 Å². The Morgan fingerprint density at radius 1 is 1.33 bits per heavy atom. The van der Waals surface area contributed by atoms with E-state index in [4.69, 9.17) is 11.6 Å². The van der Waals surface area contributed by atoms with Crippen LogP contribution in [-0.4, -0.2) is 19.4 Å². The van der Waals surface area contributed by atoms with Crippen LogP contribution in [0.3, 0.4) is 0 Å². The second kappa shape index (κ2) is 7.80. The highest BCUT2D eigenvalue weighted by molar-refractivity contribution is 6.31. The first-order valence-electron chi connectivity index (χ1n) is 6.86. The van der Waals surface area contributed by atoms with E-state index >= 15 is 0 Å². The quantitative estimate of drug-likeness (QED) is 0.745. The van der Waals surface area contributed by atoms with E-state index in [9.17, 15) is 18.0 Å². The third-order valence-electron chi connectivity index (χ3n) is 3.31. The molecule has 0 aliphatic rings. The van der Waals surface area contributed by atoms with Crippen LogP contribution in [0.25, 0.3) is 0 Å². The first kappa shape index (κ1) is 18.0. The Labute approximate surface area is 127 Å². The maximum atomic E-state index is 12.8. The van der Waals surface area contributed by atoms with Crippen molar-refractivity contribution in [1.82, 2.24) is 5.32 Å². The van der Waals surface area contributed by atoms with Crippen LogP contribution >= 0.6 is 11.6 Å². The van der Waals surface area contributed by atoms with Gasteiger partial charge in [-0.15, -0.1) is 0 Å². The maximum absolute atomic E-state index is 12.8. The summed E-state index contributed by atoms with van der Waals surface area (Å²) in [6.07, 6.45) is -2.49. The number of halogens is 4. The predicted octanol–water partition coefficient (Wildman–Crippen LogP) is 4.57. The number of carbonyl (C=O) groups excluding carboxylic acids is 1. The van der Waals surface area contributed by atoms with Crippen molar-refractivity contribution in [3.05, 3.63) is 34.3 Å². The molecule has 0 saturated carbocycles. The lowest BCUT2D eigenvalue weighted by Crippen LogP contribution is -2.21. The first-order chi connectivity index (χ1) is 9.81. The number of hydrogen-bond acceptors (Lipinski definition) is 2. The van der Waals surface area contributed by atoms with Gasteiger partial charge in [0.2, 0.25) is 0 Å². The minimum absolute atomic E-state index is 0.0706. The van der Waals surface area contributed by atoms with Gasteiger partial charge in [-0.2, -0.15) is 13.2 Å². The highest BCUT2D eigenvalue weighted by Crippen LogP contribution is 2.35. The van der Waals surface area contributed by atoms with Gasteiger partial charge in [-0.05, 0) is 44.6 Å². The van der Waals surface area contributed by atoms with Gasteiger partial charge in [-0.1, -0.05) is 24.9 Å². The second-order valence-corrected chi connectivity index (χ2v) is 5.34. The van der Waals surface area contributed by atoms with Crippen molar-refractivity contribution in [3.8, 4) is 0 Å². The molecule has 0 heterocycles. The number of nitrogens with one attached hydrogen (secondary N) is 1. The number of benzene rings is 1. The van der Waals surface area contributed by atoms with Gasteiger partial charge >= 0.3 is 6.18 Å². The summed E-state index contributed by atoms with van der Waals surface area (Å²) in [5.41, 5.74) is -0.889. The predicted molar refractivity (Wildman–Crippen MR) is 77.7 cm³/mol. The molecule has 1 N–H and O–H groups in total.